The highest BCUT2D eigenvalue weighted by Gasteiger charge is 2.01. The molecule has 0 aliphatic heterocycles. The molecule has 3 nitrogen and oxygen atoms in total. The molecule has 0 amide bonds. The van der Waals surface area contributed by atoms with Crippen LogP contribution in [-0.2, 0) is 0 Å². The van der Waals surface area contributed by atoms with Crippen molar-refractivity contribution in [1.29, 1.82) is 10.7 Å². The first-order chi connectivity index (χ1) is 10.1. The summed E-state index contributed by atoms with van der Waals surface area (Å²) in [6.07, 6.45) is 2.92. The first-order valence-electron chi connectivity index (χ1n) is 6.07. The maximum absolute atomic E-state index is 13.0. The van der Waals surface area contributed by atoms with E-state index in [0.29, 0.717) is 16.8 Å². The van der Waals surface area contributed by atoms with E-state index < -0.39 is 11.6 Å². The van der Waals surface area contributed by atoms with Crippen LogP contribution in [0.15, 0.2) is 54.7 Å². The van der Waals surface area contributed by atoms with Crippen LogP contribution in [0.25, 0.3) is 0 Å². The molecule has 0 radical (unpaired) electrons. The van der Waals surface area contributed by atoms with Gasteiger partial charge in [0.15, 0.2) is 11.6 Å². The van der Waals surface area contributed by atoms with Crippen molar-refractivity contribution >= 4 is 11.4 Å². The highest BCUT2D eigenvalue weighted by atomic mass is 19.2. The van der Waals surface area contributed by atoms with Gasteiger partial charge in [-0.25, -0.2) is 8.78 Å². The summed E-state index contributed by atoms with van der Waals surface area (Å²) < 4.78 is 25.8. The predicted octanol–water partition coefficient (Wildman–Crippen LogP) is 3.83. The molecule has 0 saturated carbocycles. The number of nitrogens with one attached hydrogen (secondary N) is 2. The quantitative estimate of drug-likeness (QED) is 0.838. The lowest BCUT2D eigenvalue weighted by atomic mass is 10.1. The molecule has 2 N–H and O–H groups in total. The van der Waals surface area contributed by atoms with Crippen molar-refractivity contribution in [3.8, 4) is 6.07 Å². The van der Waals surface area contributed by atoms with Gasteiger partial charge in [0.25, 0.3) is 0 Å². The molecule has 0 unspecified atom stereocenters. The largest absolute Gasteiger partial charge is 0.362 e. The minimum atomic E-state index is -0.940. The molecule has 0 fully saturated rings. The zero-order chi connectivity index (χ0) is 15.2. The molecule has 0 heterocycles. The maximum Gasteiger partial charge on any atom is 0.160 e. The van der Waals surface area contributed by atoms with Gasteiger partial charge in [0.1, 0.15) is 0 Å². The van der Waals surface area contributed by atoms with Crippen molar-refractivity contribution in [1.82, 2.24) is 0 Å². The maximum atomic E-state index is 13.0. The number of rotatable bonds is 4. The van der Waals surface area contributed by atoms with Crippen LogP contribution in [0.1, 0.15) is 11.1 Å². The Morgan fingerprint density at radius 2 is 1.95 bits per heavy atom. The van der Waals surface area contributed by atoms with E-state index in [1.54, 1.807) is 24.3 Å². The summed E-state index contributed by atoms with van der Waals surface area (Å²) in [6, 6.07) is 12.1. The summed E-state index contributed by atoms with van der Waals surface area (Å²) in [5.41, 5.74) is 1.64. The number of nitriles is 1. The SMILES string of the molecule is N#Cc1cccc(C(=N)/C=C\Nc2ccc(F)c(F)c2)c1. The van der Waals surface area contributed by atoms with Crippen LogP contribution in [0.3, 0.4) is 0 Å². The number of halogens is 2. The van der Waals surface area contributed by atoms with E-state index in [1.807, 2.05) is 6.07 Å². The summed E-state index contributed by atoms with van der Waals surface area (Å²) in [6.45, 7) is 0. The van der Waals surface area contributed by atoms with E-state index in [-0.39, 0.29) is 5.71 Å². The topological polar surface area (TPSA) is 59.7 Å². The number of nitrogens with zero attached hydrogens (tertiary/aromatic N) is 1. The number of hydrogen-bond acceptors (Lipinski definition) is 3. The molecule has 0 aromatic heterocycles. The van der Waals surface area contributed by atoms with Gasteiger partial charge in [0.05, 0.1) is 17.3 Å². The van der Waals surface area contributed by atoms with Gasteiger partial charge < -0.3 is 10.7 Å². The molecule has 0 aliphatic carbocycles. The van der Waals surface area contributed by atoms with Crippen LogP contribution in [0.2, 0.25) is 0 Å². The Balaban J connectivity index is 2.05. The summed E-state index contributed by atoms with van der Waals surface area (Å²) in [5.74, 6) is -1.85. The fourth-order valence-electron chi connectivity index (χ4n) is 1.66. The van der Waals surface area contributed by atoms with Crippen molar-refractivity contribution in [3.63, 3.8) is 0 Å². The number of anilines is 1. The van der Waals surface area contributed by atoms with Crippen LogP contribution in [0.4, 0.5) is 14.5 Å². The van der Waals surface area contributed by atoms with E-state index >= 15 is 0 Å². The molecule has 104 valence electrons. The summed E-state index contributed by atoms with van der Waals surface area (Å²) in [5, 5.41) is 19.4. The third kappa shape index (κ3) is 3.74. The van der Waals surface area contributed by atoms with Crippen molar-refractivity contribution < 1.29 is 8.78 Å². The van der Waals surface area contributed by atoms with Gasteiger partial charge in [-0.1, -0.05) is 12.1 Å². The van der Waals surface area contributed by atoms with Crippen molar-refractivity contribution in [3.05, 3.63) is 77.5 Å². The second-order valence-electron chi connectivity index (χ2n) is 4.21. The van der Waals surface area contributed by atoms with Gasteiger partial charge >= 0.3 is 0 Å². The Labute approximate surface area is 120 Å². The highest BCUT2D eigenvalue weighted by Crippen LogP contribution is 2.13. The van der Waals surface area contributed by atoms with Crippen LogP contribution < -0.4 is 5.32 Å². The summed E-state index contributed by atoms with van der Waals surface area (Å²) >= 11 is 0. The number of allylic oxidation sites excluding steroid dienone is 1. The molecule has 0 atom stereocenters. The molecule has 0 bridgehead atoms. The molecule has 21 heavy (non-hydrogen) atoms. The van der Waals surface area contributed by atoms with Gasteiger partial charge in [0.2, 0.25) is 0 Å². The molecule has 0 spiro atoms. The van der Waals surface area contributed by atoms with Crippen LogP contribution in [0, 0.1) is 28.4 Å². The molecule has 2 aromatic carbocycles. The Morgan fingerprint density at radius 1 is 1.14 bits per heavy atom. The molecule has 2 aromatic rings. The first-order valence-corrected chi connectivity index (χ1v) is 6.07. The smallest absolute Gasteiger partial charge is 0.160 e. The van der Waals surface area contributed by atoms with Gasteiger partial charge in [-0.3, -0.25) is 0 Å². The highest BCUT2D eigenvalue weighted by molar-refractivity contribution is 6.06. The Morgan fingerprint density at radius 3 is 2.67 bits per heavy atom. The van der Waals surface area contributed by atoms with E-state index in [9.17, 15) is 8.78 Å². The zero-order valence-electron chi connectivity index (χ0n) is 10.9. The van der Waals surface area contributed by atoms with Gasteiger partial charge in [-0.15, -0.1) is 0 Å². The molecule has 0 saturated heterocycles. The fraction of sp³-hybridized carbons (Fsp3) is 0. The standard InChI is InChI=1S/C16H11F2N3/c17-14-5-4-13(9-15(14)18)21-7-6-16(20)12-3-1-2-11(8-12)10-19/h1-9,20-21H/b7-6-,20-16?. The van der Waals surface area contributed by atoms with E-state index in [1.165, 1.54) is 18.3 Å². The second kappa shape index (κ2) is 6.44. The molecule has 2 rings (SSSR count). The molecule has 0 aliphatic rings. The lowest BCUT2D eigenvalue weighted by Gasteiger charge is -2.02. The monoisotopic (exact) mass is 283 g/mol. The molecular formula is C16H11F2N3. The van der Waals surface area contributed by atoms with Crippen LogP contribution in [0.5, 0.6) is 0 Å². The zero-order valence-corrected chi connectivity index (χ0v) is 10.9. The second-order valence-corrected chi connectivity index (χ2v) is 4.21. The van der Waals surface area contributed by atoms with Gasteiger partial charge in [0, 0.05) is 23.5 Å². The third-order valence-corrected chi connectivity index (χ3v) is 2.72. The lowest BCUT2D eigenvalue weighted by Crippen LogP contribution is -1.97. The van der Waals surface area contributed by atoms with Crippen molar-refractivity contribution in [2.24, 2.45) is 0 Å². The van der Waals surface area contributed by atoms with Crippen molar-refractivity contribution in [2.45, 2.75) is 0 Å². The molecular weight excluding hydrogens is 272 g/mol. The van der Waals surface area contributed by atoms with Crippen molar-refractivity contribution in [2.75, 3.05) is 5.32 Å². The van der Waals surface area contributed by atoms with Crippen LogP contribution in [-0.4, -0.2) is 5.71 Å². The predicted molar refractivity (Wildman–Crippen MR) is 77.1 cm³/mol. The summed E-state index contributed by atoms with van der Waals surface area (Å²) in [7, 11) is 0. The third-order valence-electron chi connectivity index (χ3n) is 2.72. The minimum Gasteiger partial charge on any atom is -0.362 e. The van der Waals surface area contributed by atoms with Gasteiger partial charge in [-0.05, 0) is 30.3 Å². The Bertz CT molecular complexity index is 745. The van der Waals surface area contributed by atoms with E-state index in [2.05, 4.69) is 5.32 Å². The average Bonchev–Trinajstić information content (AvgIpc) is 2.50. The normalized spacial score (nSPS) is 10.3. The number of benzene rings is 2. The first kappa shape index (κ1) is 14.4. The van der Waals surface area contributed by atoms with E-state index in [0.717, 1.165) is 12.1 Å². The fourth-order valence-corrected chi connectivity index (χ4v) is 1.66. The Hall–Kier alpha value is -3.00. The van der Waals surface area contributed by atoms with E-state index in [4.69, 9.17) is 10.7 Å². The lowest BCUT2D eigenvalue weighted by molar-refractivity contribution is 0.509. The molecule has 5 heteroatoms. The summed E-state index contributed by atoms with van der Waals surface area (Å²) in [4.78, 5) is 0. The number of hydrogen-bond donors (Lipinski definition) is 2. The van der Waals surface area contributed by atoms with Crippen LogP contribution >= 0.6 is 0 Å². The average molecular weight is 283 g/mol. The minimum absolute atomic E-state index is 0.196. The Kier molecular flexibility index (Phi) is 4.42. The van der Waals surface area contributed by atoms with Gasteiger partial charge in [-0.2, -0.15) is 5.26 Å².